The van der Waals surface area contributed by atoms with Gasteiger partial charge in [-0.25, -0.2) is 9.37 Å². The molecule has 0 unspecified atom stereocenters. The Morgan fingerprint density at radius 3 is 2.48 bits per heavy atom. The second-order valence-electron chi connectivity index (χ2n) is 7.08. The summed E-state index contributed by atoms with van der Waals surface area (Å²) in [6.45, 7) is 0.425. The van der Waals surface area contributed by atoms with Gasteiger partial charge in [0.05, 0.1) is 23.9 Å². The van der Waals surface area contributed by atoms with Gasteiger partial charge in [0.1, 0.15) is 11.6 Å². The summed E-state index contributed by atoms with van der Waals surface area (Å²) in [5.41, 5.74) is 3.67. The molecule has 31 heavy (non-hydrogen) atoms. The van der Waals surface area contributed by atoms with Crippen LogP contribution >= 0.6 is 11.8 Å². The van der Waals surface area contributed by atoms with Gasteiger partial charge in [-0.05, 0) is 54.1 Å². The predicted octanol–water partition coefficient (Wildman–Crippen LogP) is 4.92. The number of carbonyl (C=O) groups excluding carboxylic acids is 1. The smallest absolute Gasteiger partial charge is 0.233 e. The Hall–Kier alpha value is -3.32. The van der Waals surface area contributed by atoms with E-state index in [1.54, 1.807) is 31.2 Å². The average molecular weight is 436 g/mol. The lowest BCUT2D eigenvalue weighted by Crippen LogP contribution is -2.27. The van der Waals surface area contributed by atoms with Gasteiger partial charge in [-0.2, -0.15) is 0 Å². The Bertz CT molecular complexity index is 1190. The first-order valence-corrected chi connectivity index (χ1v) is 10.8. The summed E-state index contributed by atoms with van der Waals surface area (Å²) < 4.78 is 20.4. The van der Waals surface area contributed by atoms with Crippen molar-refractivity contribution in [1.82, 2.24) is 14.5 Å². The topological polar surface area (TPSA) is 47.4 Å². The minimum Gasteiger partial charge on any atom is -0.497 e. The molecule has 0 fully saturated rings. The highest BCUT2D eigenvalue weighted by molar-refractivity contribution is 7.99. The Kier molecular flexibility index (Phi) is 6.23. The van der Waals surface area contributed by atoms with Crippen LogP contribution in [0.15, 0.2) is 78.0 Å². The molecular formula is C24H22FN3O2S. The molecule has 0 atom stereocenters. The van der Waals surface area contributed by atoms with Crippen molar-refractivity contribution < 1.29 is 13.9 Å². The van der Waals surface area contributed by atoms with Gasteiger partial charge >= 0.3 is 0 Å². The molecule has 4 aromatic rings. The molecule has 0 saturated carbocycles. The number of nitrogens with zero attached hydrogens (tertiary/aromatic N) is 3. The van der Waals surface area contributed by atoms with E-state index in [0.29, 0.717) is 6.54 Å². The molecular weight excluding hydrogens is 413 g/mol. The zero-order valence-corrected chi connectivity index (χ0v) is 18.1. The molecule has 1 heterocycles. The SMILES string of the molecule is COc1ccc(-n2c(SCC(=O)N(C)Cc3ccc(F)cc3)nc3ccccc32)cc1. The molecule has 1 amide bonds. The normalized spacial score (nSPS) is 10.9. The van der Waals surface area contributed by atoms with Crippen LogP contribution in [0.4, 0.5) is 4.39 Å². The number of aromatic nitrogens is 2. The van der Waals surface area contributed by atoms with Gasteiger partial charge in [-0.15, -0.1) is 0 Å². The fourth-order valence-electron chi connectivity index (χ4n) is 3.27. The number of hydrogen-bond donors (Lipinski definition) is 0. The highest BCUT2D eigenvalue weighted by Gasteiger charge is 2.16. The molecule has 0 aliphatic rings. The van der Waals surface area contributed by atoms with E-state index in [2.05, 4.69) is 0 Å². The molecule has 5 nitrogen and oxygen atoms in total. The van der Waals surface area contributed by atoms with Crippen molar-refractivity contribution in [2.75, 3.05) is 19.9 Å². The monoisotopic (exact) mass is 435 g/mol. The lowest BCUT2D eigenvalue weighted by Gasteiger charge is -2.17. The number of ether oxygens (including phenoxy) is 1. The summed E-state index contributed by atoms with van der Waals surface area (Å²) >= 11 is 1.40. The van der Waals surface area contributed by atoms with Crippen LogP contribution in [0.1, 0.15) is 5.56 Å². The number of fused-ring (bicyclic) bond motifs is 1. The molecule has 0 radical (unpaired) electrons. The van der Waals surface area contributed by atoms with Gasteiger partial charge < -0.3 is 9.64 Å². The molecule has 3 aromatic carbocycles. The molecule has 0 bridgehead atoms. The van der Waals surface area contributed by atoms with Crippen LogP contribution in [0.3, 0.4) is 0 Å². The molecule has 0 aliphatic carbocycles. The maximum absolute atomic E-state index is 13.1. The van der Waals surface area contributed by atoms with Crippen LogP contribution in [0, 0.1) is 5.82 Å². The molecule has 7 heteroatoms. The number of methoxy groups -OCH3 is 1. The Morgan fingerprint density at radius 2 is 1.77 bits per heavy atom. The average Bonchev–Trinajstić information content (AvgIpc) is 3.17. The number of para-hydroxylation sites is 2. The molecule has 4 rings (SSSR count). The van der Waals surface area contributed by atoms with Crippen molar-refractivity contribution in [2.24, 2.45) is 0 Å². The maximum atomic E-state index is 13.1. The van der Waals surface area contributed by atoms with Gasteiger partial charge in [0.25, 0.3) is 0 Å². The summed E-state index contributed by atoms with van der Waals surface area (Å²) in [6, 6.07) is 21.8. The first-order valence-electron chi connectivity index (χ1n) is 9.78. The minimum atomic E-state index is -0.286. The van der Waals surface area contributed by atoms with Crippen molar-refractivity contribution in [3.63, 3.8) is 0 Å². The first kappa shape index (κ1) is 20.9. The fraction of sp³-hybridized carbons (Fsp3) is 0.167. The molecule has 0 spiro atoms. The first-order chi connectivity index (χ1) is 15.0. The number of hydrogen-bond acceptors (Lipinski definition) is 4. The number of rotatable bonds is 7. The van der Waals surface area contributed by atoms with E-state index < -0.39 is 0 Å². The van der Waals surface area contributed by atoms with Crippen molar-refractivity contribution in [1.29, 1.82) is 0 Å². The van der Waals surface area contributed by atoms with E-state index in [1.165, 1.54) is 23.9 Å². The van der Waals surface area contributed by atoms with Crippen LogP contribution in [0.5, 0.6) is 5.75 Å². The third-order valence-corrected chi connectivity index (χ3v) is 5.87. The summed E-state index contributed by atoms with van der Waals surface area (Å²) in [6.07, 6.45) is 0. The molecule has 0 saturated heterocycles. The number of thioether (sulfide) groups is 1. The third-order valence-electron chi connectivity index (χ3n) is 4.94. The van der Waals surface area contributed by atoms with Crippen LogP contribution in [0.2, 0.25) is 0 Å². The van der Waals surface area contributed by atoms with Crippen LogP contribution in [-0.4, -0.2) is 40.3 Å². The molecule has 158 valence electrons. The van der Waals surface area contributed by atoms with Crippen molar-refractivity contribution in [3.05, 3.63) is 84.2 Å². The van der Waals surface area contributed by atoms with Crippen molar-refractivity contribution >= 4 is 28.7 Å². The zero-order valence-electron chi connectivity index (χ0n) is 17.3. The van der Waals surface area contributed by atoms with Gasteiger partial charge in [-0.3, -0.25) is 9.36 Å². The number of halogens is 1. The van der Waals surface area contributed by atoms with Gasteiger partial charge in [0, 0.05) is 19.3 Å². The van der Waals surface area contributed by atoms with E-state index in [-0.39, 0.29) is 17.5 Å². The molecule has 1 aromatic heterocycles. The second kappa shape index (κ2) is 9.22. The summed E-state index contributed by atoms with van der Waals surface area (Å²) in [7, 11) is 3.38. The maximum Gasteiger partial charge on any atom is 0.233 e. The van der Waals surface area contributed by atoms with Gasteiger partial charge in [0.15, 0.2) is 5.16 Å². The van der Waals surface area contributed by atoms with Crippen LogP contribution in [0.25, 0.3) is 16.7 Å². The largest absolute Gasteiger partial charge is 0.497 e. The van der Waals surface area contributed by atoms with Gasteiger partial charge in [-0.1, -0.05) is 36.0 Å². The van der Waals surface area contributed by atoms with Crippen molar-refractivity contribution in [3.8, 4) is 11.4 Å². The minimum absolute atomic E-state index is 0.0253. The molecule has 0 aliphatic heterocycles. The molecule has 0 N–H and O–H groups in total. The Morgan fingerprint density at radius 1 is 1.06 bits per heavy atom. The highest BCUT2D eigenvalue weighted by Crippen LogP contribution is 2.29. The van der Waals surface area contributed by atoms with E-state index in [4.69, 9.17) is 9.72 Å². The number of benzene rings is 3. The highest BCUT2D eigenvalue weighted by atomic mass is 32.2. The summed E-state index contributed by atoms with van der Waals surface area (Å²) in [4.78, 5) is 19.1. The lowest BCUT2D eigenvalue weighted by molar-refractivity contribution is -0.127. The van der Waals surface area contributed by atoms with E-state index in [1.807, 2.05) is 53.1 Å². The van der Waals surface area contributed by atoms with Crippen LogP contribution in [-0.2, 0) is 11.3 Å². The quantitative estimate of drug-likeness (QED) is 0.387. The summed E-state index contributed by atoms with van der Waals surface area (Å²) in [5, 5.41) is 0.745. The third kappa shape index (κ3) is 4.72. The number of imidazole rings is 1. The van der Waals surface area contributed by atoms with E-state index >= 15 is 0 Å². The van der Waals surface area contributed by atoms with E-state index in [0.717, 1.165) is 33.2 Å². The number of carbonyl (C=O) groups is 1. The Labute approximate surface area is 184 Å². The predicted molar refractivity (Wildman–Crippen MR) is 121 cm³/mol. The lowest BCUT2D eigenvalue weighted by atomic mass is 10.2. The van der Waals surface area contributed by atoms with Crippen molar-refractivity contribution in [2.45, 2.75) is 11.7 Å². The van der Waals surface area contributed by atoms with Gasteiger partial charge in [0.2, 0.25) is 5.91 Å². The summed E-state index contributed by atoms with van der Waals surface area (Å²) in [5.74, 6) is 0.713. The Balaban J connectivity index is 1.53. The zero-order chi connectivity index (χ0) is 21.8. The number of amides is 1. The van der Waals surface area contributed by atoms with E-state index in [9.17, 15) is 9.18 Å². The fourth-order valence-corrected chi connectivity index (χ4v) is 4.24. The second-order valence-corrected chi connectivity index (χ2v) is 8.02. The van der Waals surface area contributed by atoms with Crippen LogP contribution < -0.4 is 4.74 Å². The standard InChI is InChI=1S/C24H22FN3O2S/c1-27(15-17-7-9-18(25)10-8-17)23(29)16-31-24-26-21-5-3-4-6-22(21)28(24)19-11-13-20(30-2)14-12-19/h3-14H,15-16H2,1-2H3.